The molecule has 0 spiro atoms. The van der Waals surface area contributed by atoms with E-state index >= 15 is 0 Å². The molecule has 0 aromatic carbocycles. The largest absolute Gasteiger partial charge is 0.369 e. The molecule has 1 aliphatic heterocycles. The minimum Gasteiger partial charge on any atom is -0.369 e. The van der Waals surface area contributed by atoms with Crippen molar-refractivity contribution < 1.29 is 0 Å². The van der Waals surface area contributed by atoms with E-state index in [1.54, 1.807) is 4.57 Å². The Bertz CT molecular complexity index is 657. The van der Waals surface area contributed by atoms with Gasteiger partial charge in [0, 0.05) is 11.8 Å². The summed E-state index contributed by atoms with van der Waals surface area (Å²) in [4.78, 5) is 22.4. The Kier molecular flexibility index (Phi) is 3.09. The van der Waals surface area contributed by atoms with Crippen LogP contribution in [0.2, 0.25) is 0 Å². The number of rotatable bonds is 2. The fourth-order valence-electron chi connectivity index (χ4n) is 2.38. The highest BCUT2D eigenvalue weighted by Gasteiger charge is 2.19. The molecule has 8 heteroatoms. The van der Waals surface area contributed by atoms with Crippen LogP contribution in [0.15, 0.2) is 4.79 Å². The molecule has 0 amide bonds. The molecule has 2 aromatic rings. The number of H-pyrrole nitrogens is 1. The van der Waals surface area contributed by atoms with Crippen LogP contribution in [0.1, 0.15) is 19.3 Å². The Hall–Kier alpha value is -1.70. The fraction of sp³-hybridized carbons (Fsp3) is 0.545. The van der Waals surface area contributed by atoms with Gasteiger partial charge in [-0.15, -0.1) is 0 Å². The standard InChI is InChI=1S/C11H16N6OS/c12-10-15-8-7(9(18)16-10)14-11(13)17(8)5-6-3-1-2-4-19-6/h6H,1-5H2,(H2,13,14)(H3,12,15,16,18). The summed E-state index contributed by atoms with van der Waals surface area (Å²) in [6.07, 6.45) is 3.66. The lowest BCUT2D eigenvalue weighted by Gasteiger charge is -2.22. The third-order valence-electron chi connectivity index (χ3n) is 3.31. The number of hydrogen-bond donors (Lipinski definition) is 3. The van der Waals surface area contributed by atoms with Gasteiger partial charge in [0.05, 0.1) is 0 Å². The molecule has 2 aromatic heterocycles. The zero-order chi connectivity index (χ0) is 13.4. The molecule has 19 heavy (non-hydrogen) atoms. The summed E-state index contributed by atoms with van der Waals surface area (Å²) < 4.78 is 1.80. The summed E-state index contributed by atoms with van der Waals surface area (Å²) in [5.41, 5.74) is 11.9. The van der Waals surface area contributed by atoms with Crippen molar-refractivity contribution >= 4 is 34.8 Å². The first kappa shape index (κ1) is 12.3. The van der Waals surface area contributed by atoms with E-state index in [1.165, 1.54) is 18.6 Å². The first-order chi connectivity index (χ1) is 9.15. The topological polar surface area (TPSA) is 116 Å². The number of anilines is 2. The van der Waals surface area contributed by atoms with E-state index in [2.05, 4.69) is 15.0 Å². The maximum atomic E-state index is 11.7. The lowest BCUT2D eigenvalue weighted by Crippen LogP contribution is -2.19. The van der Waals surface area contributed by atoms with E-state index in [0.717, 1.165) is 13.0 Å². The van der Waals surface area contributed by atoms with Gasteiger partial charge in [0.15, 0.2) is 11.2 Å². The van der Waals surface area contributed by atoms with Crippen molar-refractivity contribution in [1.82, 2.24) is 19.5 Å². The second kappa shape index (κ2) is 4.76. The minimum absolute atomic E-state index is 0.0925. The number of hydrogen-bond acceptors (Lipinski definition) is 6. The number of nitrogens with zero attached hydrogens (tertiary/aromatic N) is 3. The van der Waals surface area contributed by atoms with Crippen LogP contribution in [-0.4, -0.2) is 30.5 Å². The summed E-state index contributed by atoms with van der Waals surface area (Å²) in [6.45, 7) is 0.725. The van der Waals surface area contributed by atoms with Gasteiger partial charge >= 0.3 is 0 Å². The van der Waals surface area contributed by atoms with Gasteiger partial charge in [0.25, 0.3) is 5.56 Å². The Morgan fingerprint density at radius 3 is 2.95 bits per heavy atom. The Labute approximate surface area is 113 Å². The summed E-state index contributed by atoms with van der Waals surface area (Å²) in [5, 5.41) is 0.496. The molecular weight excluding hydrogens is 264 g/mol. The van der Waals surface area contributed by atoms with Gasteiger partial charge in [-0.1, -0.05) is 6.42 Å². The molecule has 1 fully saturated rings. The van der Waals surface area contributed by atoms with E-state index in [9.17, 15) is 4.79 Å². The van der Waals surface area contributed by atoms with Crippen molar-refractivity contribution in [3.8, 4) is 0 Å². The maximum absolute atomic E-state index is 11.7. The van der Waals surface area contributed by atoms with Gasteiger partial charge in [0.2, 0.25) is 11.9 Å². The number of nitrogens with one attached hydrogen (secondary N) is 1. The van der Waals surface area contributed by atoms with Gasteiger partial charge in [-0.05, 0) is 18.6 Å². The highest BCUT2D eigenvalue weighted by atomic mass is 32.2. The molecule has 1 aliphatic rings. The van der Waals surface area contributed by atoms with E-state index in [0.29, 0.717) is 16.8 Å². The summed E-state index contributed by atoms with van der Waals surface area (Å²) in [7, 11) is 0. The van der Waals surface area contributed by atoms with Crippen LogP contribution >= 0.6 is 11.8 Å². The molecule has 1 unspecified atom stereocenters. The number of thioether (sulfide) groups is 1. The van der Waals surface area contributed by atoms with Crippen molar-refractivity contribution in [2.75, 3.05) is 17.2 Å². The Morgan fingerprint density at radius 2 is 2.21 bits per heavy atom. The molecule has 0 radical (unpaired) electrons. The highest BCUT2D eigenvalue weighted by molar-refractivity contribution is 7.99. The van der Waals surface area contributed by atoms with E-state index < -0.39 is 0 Å². The predicted octanol–water partition coefficient (Wildman–Crippen LogP) is 0.570. The first-order valence-corrected chi connectivity index (χ1v) is 7.33. The van der Waals surface area contributed by atoms with Gasteiger partial charge < -0.3 is 11.5 Å². The second-order valence-electron chi connectivity index (χ2n) is 4.69. The molecule has 7 nitrogen and oxygen atoms in total. The van der Waals surface area contributed by atoms with E-state index in [4.69, 9.17) is 11.5 Å². The monoisotopic (exact) mass is 280 g/mol. The molecule has 3 rings (SSSR count). The molecular formula is C11H16N6OS. The molecule has 3 heterocycles. The molecule has 1 saturated heterocycles. The van der Waals surface area contributed by atoms with Gasteiger partial charge in [0.1, 0.15) is 0 Å². The highest BCUT2D eigenvalue weighted by Crippen LogP contribution is 2.28. The van der Waals surface area contributed by atoms with Crippen LogP contribution in [0.5, 0.6) is 0 Å². The van der Waals surface area contributed by atoms with E-state index in [-0.39, 0.29) is 17.0 Å². The Balaban J connectivity index is 2.02. The van der Waals surface area contributed by atoms with Crippen molar-refractivity contribution in [2.45, 2.75) is 31.1 Å². The zero-order valence-corrected chi connectivity index (χ0v) is 11.2. The number of aromatic nitrogens is 4. The van der Waals surface area contributed by atoms with Crippen LogP contribution in [0, 0.1) is 0 Å². The van der Waals surface area contributed by atoms with Crippen molar-refractivity contribution in [3.05, 3.63) is 10.4 Å². The maximum Gasteiger partial charge on any atom is 0.280 e. The lowest BCUT2D eigenvalue weighted by molar-refractivity contribution is 0.593. The SMILES string of the molecule is Nc1nc2c(nc(N)n2CC2CCCCS2)c(=O)[nH]1. The van der Waals surface area contributed by atoms with Gasteiger partial charge in [-0.3, -0.25) is 14.3 Å². The smallest absolute Gasteiger partial charge is 0.280 e. The quantitative estimate of drug-likeness (QED) is 0.740. The minimum atomic E-state index is -0.343. The molecule has 102 valence electrons. The van der Waals surface area contributed by atoms with Crippen LogP contribution in [0.3, 0.4) is 0 Å². The van der Waals surface area contributed by atoms with Gasteiger partial charge in [-0.2, -0.15) is 16.7 Å². The van der Waals surface area contributed by atoms with Crippen molar-refractivity contribution in [1.29, 1.82) is 0 Å². The zero-order valence-electron chi connectivity index (χ0n) is 10.4. The summed E-state index contributed by atoms with van der Waals surface area (Å²) in [5.74, 6) is 1.59. The Morgan fingerprint density at radius 1 is 1.37 bits per heavy atom. The van der Waals surface area contributed by atoms with Crippen LogP contribution in [0.4, 0.5) is 11.9 Å². The number of fused-ring (bicyclic) bond motifs is 1. The number of nitrogen functional groups attached to an aromatic ring is 2. The fourth-order valence-corrected chi connectivity index (χ4v) is 3.67. The van der Waals surface area contributed by atoms with Crippen LogP contribution in [-0.2, 0) is 6.54 Å². The normalized spacial score (nSPS) is 19.9. The average molecular weight is 280 g/mol. The van der Waals surface area contributed by atoms with Gasteiger partial charge in [-0.25, -0.2) is 4.98 Å². The molecule has 0 aliphatic carbocycles. The van der Waals surface area contributed by atoms with Crippen LogP contribution < -0.4 is 17.0 Å². The summed E-state index contributed by atoms with van der Waals surface area (Å²) >= 11 is 1.94. The number of nitrogens with two attached hydrogens (primary N) is 2. The lowest BCUT2D eigenvalue weighted by atomic mass is 10.2. The summed E-state index contributed by atoms with van der Waals surface area (Å²) in [6, 6.07) is 0. The predicted molar refractivity (Wildman–Crippen MR) is 77.1 cm³/mol. The third kappa shape index (κ3) is 2.27. The number of aromatic amines is 1. The number of imidazole rings is 1. The molecule has 5 N–H and O–H groups in total. The van der Waals surface area contributed by atoms with Crippen molar-refractivity contribution in [3.63, 3.8) is 0 Å². The van der Waals surface area contributed by atoms with E-state index in [1.807, 2.05) is 11.8 Å². The molecule has 0 saturated carbocycles. The second-order valence-corrected chi connectivity index (χ2v) is 6.10. The van der Waals surface area contributed by atoms with Crippen LogP contribution in [0.25, 0.3) is 11.2 Å². The molecule has 0 bridgehead atoms. The van der Waals surface area contributed by atoms with Crippen molar-refractivity contribution in [2.24, 2.45) is 0 Å². The average Bonchev–Trinajstić information content (AvgIpc) is 2.69. The first-order valence-electron chi connectivity index (χ1n) is 6.28. The third-order valence-corrected chi connectivity index (χ3v) is 4.69. The molecule has 1 atom stereocenters.